The van der Waals surface area contributed by atoms with Crippen molar-refractivity contribution < 1.29 is 8.42 Å². The molecule has 0 aliphatic rings. The van der Waals surface area contributed by atoms with E-state index in [1.54, 1.807) is 17.8 Å². The molecule has 1 aromatic heterocycles. The predicted octanol–water partition coefficient (Wildman–Crippen LogP) is 3.19. The van der Waals surface area contributed by atoms with Gasteiger partial charge < -0.3 is 0 Å². The summed E-state index contributed by atoms with van der Waals surface area (Å²) in [7, 11) is -3.64. The van der Waals surface area contributed by atoms with E-state index in [2.05, 4.69) is 9.82 Å². The third kappa shape index (κ3) is 3.10. The number of aromatic nitrogens is 2. The van der Waals surface area contributed by atoms with Crippen molar-refractivity contribution in [2.24, 2.45) is 0 Å². The third-order valence-electron chi connectivity index (χ3n) is 3.41. The molecule has 0 aliphatic carbocycles. The molecule has 0 fully saturated rings. The zero-order valence-corrected chi connectivity index (χ0v) is 13.8. The summed E-state index contributed by atoms with van der Waals surface area (Å²) in [5.41, 5.74) is 2.93. The Morgan fingerprint density at radius 2 is 1.71 bits per heavy atom. The highest BCUT2D eigenvalue weighted by atomic mass is 32.2. The van der Waals surface area contributed by atoms with Gasteiger partial charge >= 0.3 is 0 Å². The molecule has 1 N–H and O–H groups in total. The second kappa shape index (κ2) is 5.52. The number of hydrogen-bond donors (Lipinski definition) is 1. The highest BCUT2D eigenvalue weighted by Gasteiger charge is 2.22. The lowest BCUT2D eigenvalue weighted by molar-refractivity contribution is 0.528. The number of benzene rings is 1. The lowest BCUT2D eigenvalue weighted by atomic mass is 10.1. The monoisotopic (exact) mass is 307 g/mol. The number of hydrogen-bond acceptors (Lipinski definition) is 3. The van der Waals surface area contributed by atoms with Gasteiger partial charge in [0.15, 0.2) is 0 Å². The summed E-state index contributed by atoms with van der Waals surface area (Å²) >= 11 is 0. The van der Waals surface area contributed by atoms with Crippen LogP contribution >= 0.6 is 0 Å². The van der Waals surface area contributed by atoms with Crippen molar-refractivity contribution in [1.82, 2.24) is 9.78 Å². The fraction of sp³-hybridized carbons (Fsp3) is 0.400. The molecule has 0 unspecified atom stereocenters. The average molecular weight is 307 g/mol. The molecule has 0 bridgehead atoms. The van der Waals surface area contributed by atoms with Crippen molar-refractivity contribution in [2.75, 3.05) is 4.72 Å². The molecule has 1 aromatic carbocycles. The second-order valence-corrected chi connectivity index (χ2v) is 7.18. The van der Waals surface area contributed by atoms with Gasteiger partial charge in [-0.3, -0.25) is 9.40 Å². The maximum atomic E-state index is 12.6. The highest BCUT2D eigenvalue weighted by Crippen LogP contribution is 2.25. The van der Waals surface area contributed by atoms with Crippen molar-refractivity contribution in [2.45, 2.75) is 45.6 Å². The fourth-order valence-corrected chi connectivity index (χ4v) is 3.54. The molecule has 21 heavy (non-hydrogen) atoms. The smallest absolute Gasteiger partial charge is 0.265 e. The summed E-state index contributed by atoms with van der Waals surface area (Å²) in [6.45, 7) is 9.40. The van der Waals surface area contributed by atoms with Gasteiger partial charge in [0.1, 0.15) is 4.90 Å². The maximum absolute atomic E-state index is 12.6. The van der Waals surface area contributed by atoms with Crippen LogP contribution in [0.4, 0.5) is 5.69 Å². The molecule has 0 radical (unpaired) electrons. The van der Waals surface area contributed by atoms with Gasteiger partial charge in [-0.05, 0) is 45.7 Å². The van der Waals surface area contributed by atoms with Crippen molar-refractivity contribution in [3.8, 4) is 0 Å². The van der Waals surface area contributed by atoms with Crippen molar-refractivity contribution in [3.63, 3.8) is 0 Å². The molecule has 6 heteroatoms. The Labute approximate surface area is 126 Å². The molecular weight excluding hydrogens is 286 g/mol. The van der Waals surface area contributed by atoms with E-state index in [4.69, 9.17) is 0 Å². The van der Waals surface area contributed by atoms with Gasteiger partial charge in [0, 0.05) is 12.2 Å². The standard InChI is InChI=1S/C15H21N3O2S/c1-10(2)18-9-14(13(5)16-18)21(19,20)17-15-11(3)7-6-8-12(15)4/h6-10,17H,1-5H3. The molecule has 0 amide bonds. The van der Waals surface area contributed by atoms with Crippen LogP contribution < -0.4 is 4.72 Å². The second-order valence-electron chi connectivity index (χ2n) is 5.52. The van der Waals surface area contributed by atoms with E-state index < -0.39 is 10.0 Å². The average Bonchev–Trinajstić information content (AvgIpc) is 2.77. The van der Waals surface area contributed by atoms with Crippen LogP contribution in [0, 0.1) is 20.8 Å². The van der Waals surface area contributed by atoms with E-state index in [1.165, 1.54) is 0 Å². The number of para-hydroxylation sites is 1. The molecule has 0 atom stereocenters. The number of rotatable bonds is 4. The van der Waals surface area contributed by atoms with Crippen LogP contribution in [0.3, 0.4) is 0 Å². The summed E-state index contributed by atoms with van der Waals surface area (Å²) in [5, 5.41) is 4.26. The first-order valence-corrected chi connectivity index (χ1v) is 8.35. The van der Waals surface area contributed by atoms with Gasteiger partial charge in [-0.2, -0.15) is 5.10 Å². The Bertz CT molecular complexity index is 741. The molecular formula is C15H21N3O2S. The highest BCUT2D eigenvalue weighted by molar-refractivity contribution is 7.92. The predicted molar refractivity (Wildman–Crippen MR) is 84.1 cm³/mol. The van der Waals surface area contributed by atoms with Crippen LogP contribution in [-0.2, 0) is 10.0 Å². The molecule has 0 saturated heterocycles. The minimum Gasteiger partial charge on any atom is -0.279 e. The van der Waals surface area contributed by atoms with E-state index >= 15 is 0 Å². The molecule has 0 spiro atoms. The Balaban J connectivity index is 2.44. The molecule has 2 aromatic rings. The van der Waals surface area contributed by atoms with E-state index in [1.807, 2.05) is 45.9 Å². The summed E-state index contributed by atoms with van der Waals surface area (Å²) in [6.07, 6.45) is 1.58. The zero-order chi connectivity index (χ0) is 15.8. The summed E-state index contributed by atoms with van der Waals surface area (Å²) < 4.78 is 29.5. The zero-order valence-electron chi connectivity index (χ0n) is 13.0. The van der Waals surface area contributed by atoms with Crippen molar-refractivity contribution in [3.05, 3.63) is 41.2 Å². The topological polar surface area (TPSA) is 64.0 Å². The first-order valence-electron chi connectivity index (χ1n) is 6.87. The fourth-order valence-electron chi connectivity index (χ4n) is 2.16. The van der Waals surface area contributed by atoms with E-state index in [0.29, 0.717) is 11.4 Å². The molecule has 0 saturated carbocycles. The maximum Gasteiger partial charge on any atom is 0.265 e. The third-order valence-corrected chi connectivity index (χ3v) is 4.86. The van der Waals surface area contributed by atoms with Gasteiger partial charge in [-0.25, -0.2) is 8.42 Å². The number of anilines is 1. The molecule has 0 aliphatic heterocycles. The number of nitrogens with zero attached hydrogens (tertiary/aromatic N) is 2. The molecule has 114 valence electrons. The molecule has 5 nitrogen and oxygen atoms in total. The summed E-state index contributed by atoms with van der Waals surface area (Å²) in [6, 6.07) is 5.79. The van der Waals surface area contributed by atoms with E-state index in [0.717, 1.165) is 11.1 Å². The van der Waals surface area contributed by atoms with Gasteiger partial charge in [0.2, 0.25) is 0 Å². The van der Waals surface area contributed by atoms with Crippen LogP contribution in [0.15, 0.2) is 29.3 Å². The van der Waals surface area contributed by atoms with Gasteiger partial charge in [0.25, 0.3) is 10.0 Å². The number of aryl methyl sites for hydroxylation is 3. The Morgan fingerprint density at radius 1 is 1.14 bits per heavy atom. The minimum atomic E-state index is -3.64. The molecule has 2 rings (SSSR count). The summed E-state index contributed by atoms with van der Waals surface area (Å²) in [4.78, 5) is 0.221. The Morgan fingerprint density at radius 3 is 2.19 bits per heavy atom. The van der Waals surface area contributed by atoms with Crippen molar-refractivity contribution >= 4 is 15.7 Å². The lowest BCUT2D eigenvalue weighted by Crippen LogP contribution is -2.15. The summed E-state index contributed by atoms with van der Waals surface area (Å²) in [5.74, 6) is 0. The van der Waals surface area contributed by atoms with Crippen LogP contribution in [0.2, 0.25) is 0 Å². The van der Waals surface area contributed by atoms with Crippen molar-refractivity contribution in [1.29, 1.82) is 0 Å². The number of sulfonamides is 1. The van der Waals surface area contributed by atoms with Crippen LogP contribution in [0.25, 0.3) is 0 Å². The Hall–Kier alpha value is -1.82. The number of nitrogens with one attached hydrogen (secondary N) is 1. The quantitative estimate of drug-likeness (QED) is 0.943. The van der Waals surface area contributed by atoms with Gasteiger partial charge in [0.05, 0.1) is 11.4 Å². The first-order chi connectivity index (χ1) is 9.72. The van der Waals surface area contributed by atoms with Crippen LogP contribution in [0.5, 0.6) is 0 Å². The minimum absolute atomic E-state index is 0.118. The lowest BCUT2D eigenvalue weighted by Gasteiger charge is -2.12. The van der Waals surface area contributed by atoms with Crippen LogP contribution in [-0.4, -0.2) is 18.2 Å². The largest absolute Gasteiger partial charge is 0.279 e. The van der Waals surface area contributed by atoms with E-state index in [-0.39, 0.29) is 10.9 Å². The Kier molecular flexibility index (Phi) is 4.09. The van der Waals surface area contributed by atoms with E-state index in [9.17, 15) is 8.42 Å². The molecule has 1 heterocycles. The van der Waals surface area contributed by atoms with Gasteiger partial charge in [-0.15, -0.1) is 0 Å². The normalized spacial score (nSPS) is 11.9. The SMILES string of the molecule is Cc1cccc(C)c1NS(=O)(=O)c1cn(C(C)C)nc1C. The van der Waals surface area contributed by atoms with Crippen LogP contribution in [0.1, 0.15) is 36.7 Å². The first kappa shape index (κ1) is 15.6. The van der Waals surface area contributed by atoms with Gasteiger partial charge in [-0.1, -0.05) is 18.2 Å².